The minimum absolute atomic E-state index is 0.531. The van der Waals surface area contributed by atoms with Gasteiger partial charge in [-0.2, -0.15) is 0 Å². The first-order chi connectivity index (χ1) is 10.2. The van der Waals surface area contributed by atoms with Gasteiger partial charge in [-0.3, -0.25) is 0 Å². The third-order valence-electron chi connectivity index (χ3n) is 3.09. The van der Waals surface area contributed by atoms with E-state index in [4.69, 9.17) is 5.11 Å². The average Bonchev–Trinajstić information content (AvgIpc) is 2.56. The molecule has 1 saturated heterocycles. The van der Waals surface area contributed by atoms with E-state index in [-0.39, 0.29) is 0 Å². The Labute approximate surface area is 126 Å². The van der Waals surface area contributed by atoms with Crippen LogP contribution in [0.5, 0.6) is 0 Å². The molecule has 0 spiro atoms. The smallest absolute Gasteiger partial charge is 0.331 e. The maximum absolute atomic E-state index is 9.71. The summed E-state index contributed by atoms with van der Waals surface area (Å²) in [6, 6.07) is 8.70. The van der Waals surface area contributed by atoms with Crippen LogP contribution in [0, 0.1) is 0 Å². The Balaban J connectivity index is 0.000000315. The normalized spacial score (nSPS) is 14.0. The minimum Gasteiger partial charge on any atom is -0.467 e. The highest BCUT2D eigenvalue weighted by Crippen LogP contribution is 2.17. The molecule has 1 aromatic rings. The molecule has 118 valence electrons. The van der Waals surface area contributed by atoms with E-state index in [1.807, 2.05) is 0 Å². The molecule has 0 saturated carbocycles. The molecule has 0 radical (unpaired) electrons. The summed E-state index contributed by atoms with van der Waals surface area (Å²) in [6.07, 6.45) is 0. The van der Waals surface area contributed by atoms with Gasteiger partial charge in [-0.15, -0.1) is 0 Å². The number of benzene rings is 1. The van der Waals surface area contributed by atoms with Crippen molar-refractivity contribution in [3.8, 4) is 0 Å². The van der Waals surface area contributed by atoms with Crippen LogP contribution in [-0.2, 0) is 9.53 Å². The number of anilines is 2. The van der Waals surface area contributed by atoms with Crippen LogP contribution in [0.25, 0.3) is 0 Å². The Bertz CT molecular complexity index is 397. The summed E-state index contributed by atoms with van der Waals surface area (Å²) in [5, 5.41) is 14.5. The number of carbonyl (C=O) groups is 1. The lowest BCUT2D eigenvalue weighted by Crippen LogP contribution is -2.43. The highest BCUT2D eigenvalue weighted by molar-refractivity contribution is 5.70. The van der Waals surface area contributed by atoms with Crippen molar-refractivity contribution in [2.75, 3.05) is 56.7 Å². The van der Waals surface area contributed by atoms with Gasteiger partial charge in [-0.25, -0.2) is 4.79 Å². The minimum atomic E-state index is -0.602. The molecule has 0 aliphatic carbocycles. The number of ether oxygens (including phenoxy) is 1. The second-order valence-electron chi connectivity index (χ2n) is 4.55. The first-order valence-electron chi connectivity index (χ1n) is 7.18. The molecule has 1 heterocycles. The molecular formula is C15H25N3O3. The summed E-state index contributed by atoms with van der Waals surface area (Å²) in [5.74, 6) is -0.602. The summed E-state index contributed by atoms with van der Waals surface area (Å²) in [5.41, 5.74) is 2.54. The number of hydrogen-bond acceptors (Lipinski definition) is 6. The molecule has 0 aromatic heterocycles. The van der Waals surface area contributed by atoms with Crippen LogP contribution >= 0.6 is 0 Å². The highest BCUT2D eigenvalue weighted by atomic mass is 16.5. The predicted octanol–water partition coefficient (Wildman–Crippen LogP) is 0.680. The SMILES string of the molecule is CCNc1ccc(N2CCNCC2)cc1.COC(=O)CO. The van der Waals surface area contributed by atoms with Crippen LogP contribution in [0.15, 0.2) is 24.3 Å². The maximum atomic E-state index is 9.71. The lowest BCUT2D eigenvalue weighted by Gasteiger charge is -2.29. The molecular weight excluding hydrogens is 270 g/mol. The number of piperazine rings is 1. The number of hydrogen-bond donors (Lipinski definition) is 3. The first-order valence-corrected chi connectivity index (χ1v) is 7.18. The Kier molecular flexibility index (Phi) is 8.23. The zero-order chi connectivity index (χ0) is 15.5. The summed E-state index contributed by atoms with van der Waals surface area (Å²) >= 11 is 0. The van der Waals surface area contributed by atoms with E-state index in [0.29, 0.717) is 0 Å². The number of esters is 1. The number of rotatable bonds is 4. The quantitative estimate of drug-likeness (QED) is 0.710. The maximum Gasteiger partial charge on any atom is 0.331 e. The van der Waals surface area contributed by atoms with Gasteiger partial charge in [0.1, 0.15) is 6.61 Å². The molecule has 2 rings (SSSR count). The van der Waals surface area contributed by atoms with E-state index >= 15 is 0 Å². The number of aliphatic hydroxyl groups is 1. The van der Waals surface area contributed by atoms with E-state index in [1.165, 1.54) is 18.5 Å². The van der Waals surface area contributed by atoms with Crippen molar-refractivity contribution < 1.29 is 14.6 Å². The summed E-state index contributed by atoms with van der Waals surface area (Å²) in [7, 11) is 1.22. The van der Waals surface area contributed by atoms with Gasteiger partial charge in [0.05, 0.1) is 7.11 Å². The Morgan fingerprint density at radius 1 is 1.33 bits per heavy atom. The highest BCUT2D eigenvalue weighted by Gasteiger charge is 2.09. The van der Waals surface area contributed by atoms with Crippen LogP contribution in [-0.4, -0.2) is 57.5 Å². The molecule has 1 fully saturated rings. The molecule has 1 aliphatic heterocycles. The lowest BCUT2D eigenvalue weighted by atomic mass is 10.2. The molecule has 1 aromatic carbocycles. The second kappa shape index (κ2) is 10.0. The third kappa shape index (κ3) is 6.46. The molecule has 6 nitrogen and oxygen atoms in total. The summed E-state index contributed by atoms with van der Waals surface area (Å²) < 4.78 is 4.01. The van der Waals surface area contributed by atoms with Gasteiger partial charge in [-0.1, -0.05) is 0 Å². The van der Waals surface area contributed by atoms with E-state index in [0.717, 1.165) is 32.7 Å². The van der Waals surface area contributed by atoms with Crippen LogP contribution in [0.2, 0.25) is 0 Å². The van der Waals surface area contributed by atoms with Gasteiger partial charge in [0.25, 0.3) is 0 Å². The largest absolute Gasteiger partial charge is 0.467 e. The third-order valence-corrected chi connectivity index (χ3v) is 3.09. The van der Waals surface area contributed by atoms with Crippen molar-refractivity contribution in [1.82, 2.24) is 5.32 Å². The zero-order valence-electron chi connectivity index (χ0n) is 12.8. The van der Waals surface area contributed by atoms with Crippen LogP contribution in [0.3, 0.4) is 0 Å². The number of aliphatic hydroxyl groups excluding tert-OH is 1. The topological polar surface area (TPSA) is 73.8 Å². The van der Waals surface area contributed by atoms with Gasteiger partial charge < -0.3 is 25.4 Å². The van der Waals surface area contributed by atoms with E-state index < -0.39 is 12.6 Å². The number of carbonyl (C=O) groups excluding carboxylic acids is 1. The fourth-order valence-electron chi connectivity index (χ4n) is 1.98. The van der Waals surface area contributed by atoms with Gasteiger partial charge in [0, 0.05) is 44.1 Å². The van der Waals surface area contributed by atoms with E-state index in [1.54, 1.807) is 0 Å². The molecule has 0 atom stereocenters. The number of nitrogens with one attached hydrogen (secondary N) is 2. The molecule has 3 N–H and O–H groups in total. The summed E-state index contributed by atoms with van der Waals surface area (Å²) in [6.45, 7) is 6.97. The second-order valence-corrected chi connectivity index (χ2v) is 4.55. The van der Waals surface area contributed by atoms with Crippen molar-refractivity contribution in [2.45, 2.75) is 6.92 Å². The van der Waals surface area contributed by atoms with E-state index in [2.05, 4.69) is 51.5 Å². The van der Waals surface area contributed by atoms with Crippen molar-refractivity contribution in [3.63, 3.8) is 0 Å². The Morgan fingerprint density at radius 2 is 1.95 bits per heavy atom. The molecule has 0 unspecified atom stereocenters. The molecule has 21 heavy (non-hydrogen) atoms. The Hall–Kier alpha value is -1.79. The van der Waals surface area contributed by atoms with E-state index in [9.17, 15) is 4.79 Å². The van der Waals surface area contributed by atoms with Crippen LogP contribution in [0.4, 0.5) is 11.4 Å². The van der Waals surface area contributed by atoms with Crippen molar-refractivity contribution in [3.05, 3.63) is 24.3 Å². The molecule has 0 amide bonds. The molecule has 6 heteroatoms. The van der Waals surface area contributed by atoms with Gasteiger partial charge in [0.15, 0.2) is 0 Å². The van der Waals surface area contributed by atoms with Crippen LogP contribution in [0.1, 0.15) is 6.92 Å². The fraction of sp³-hybridized carbons (Fsp3) is 0.533. The van der Waals surface area contributed by atoms with Gasteiger partial charge in [-0.05, 0) is 31.2 Å². The fourth-order valence-corrected chi connectivity index (χ4v) is 1.98. The molecule has 0 bridgehead atoms. The van der Waals surface area contributed by atoms with Crippen molar-refractivity contribution in [2.24, 2.45) is 0 Å². The monoisotopic (exact) mass is 295 g/mol. The van der Waals surface area contributed by atoms with Gasteiger partial charge >= 0.3 is 5.97 Å². The van der Waals surface area contributed by atoms with Crippen molar-refractivity contribution >= 4 is 17.3 Å². The lowest BCUT2D eigenvalue weighted by molar-refractivity contribution is -0.143. The molecule has 1 aliphatic rings. The van der Waals surface area contributed by atoms with Crippen molar-refractivity contribution in [1.29, 1.82) is 0 Å². The Morgan fingerprint density at radius 3 is 2.38 bits per heavy atom. The average molecular weight is 295 g/mol. The number of nitrogens with zero attached hydrogens (tertiary/aromatic N) is 1. The number of methoxy groups -OCH3 is 1. The van der Waals surface area contributed by atoms with Gasteiger partial charge in [0.2, 0.25) is 0 Å². The van der Waals surface area contributed by atoms with Crippen LogP contribution < -0.4 is 15.5 Å². The zero-order valence-corrected chi connectivity index (χ0v) is 12.8. The standard InChI is InChI=1S/C12H19N3.C3H6O3/c1-2-14-11-3-5-12(6-4-11)15-9-7-13-8-10-15;1-6-3(5)2-4/h3-6,13-14H,2,7-10H2,1H3;4H,2H2,1H3. The first kappa shape index (κ1) is 17.3. The summed E-state index contributed by atoms with van der Waals surface area (Å²) in [4.78, 5) is 12.1. The predicted molar refractivity (Wildman–Crippen MR) is 84.8 cm³/mol.